The molecule has 0 aliphatic rings. The van der Waals surface area contributed by atoms with Crippen LogP contribution in [0.3, 0.4) is 0 Å². The van der Waals surface area contributed by atoms with Gasteiger partial charge in [-0.1, -0.05) is 24.3 Å². The highest BCUT2D eigenvalue weighted by atomic mass is 32.1. The van der Waals surface area contributed by atoms with Gasteiger partial charge >= 0.3 is 0 Å². The lowest BCUT2D eigenvalue weighted by molar-refractivity contribution is -0.384. The Bertz CT molecular complexity index is 838. The summed E-state index contributed by atoms with van der Waals surface area (Å²) in [4.78, 5) is 10.2. The lowest BCUT2D eigenvalue weighted by Crippen LogP contribution is -2.00. The van der Waals surface area contributed by atoms with Gasteiger partial charge in [0.05, 0.1) is 11.5 Å². The summed E-state index contributed by atoms with van der Waals surface area (Å²) in [6, 6.07) is 16.5. The zero-order valence-electron chi connectivity index (χ0n) is 13.5. The molecule has 0 amide bonds. The maximum absolute atomic E-state index is 10.6. The van der Waals surface area contributed by atoms with E-state index < -0.39 is 4.92 Å². The van der Waals surface area contributed by atoms with Crippen LogP contribution in [-0.2, 0) is 6.42 Å². The molecule has 25 heavy (non-hydrogen) atoms. The van der Waals surface area contributed by atoms with Gasteiger partial charge in [-0.2, -0.15) is 11.3 Å². The summed E-state index contributed by atoms with van der Waals surface area (Å²) < 4.78 is 5.75. The Morgan fingerprint density at radius 3 is 2.16 bits per heavy atom. The van der Waals surface area contributed by atoms with Gasteiger partial charge in [-0.05, 0) is 57.8 Å². The first-order valence-corrected chi connectivity index (χ1v) is 8.81. The predicted molar refractivity (Wildman–Crippen MR) is 102 cm³/mol. The minimum absolute atomic E-state index is 0.0982. The summed E-state index contributed by atoms with van der Waals surface area (Å²) in [5, 5.41) is 14.8. The fourth-order valence-electron chi connectivity index (χ4n) is 2.30. The van der Waals surface area contributed by atoms with Crippen molar-refractivity contribution in [2.24, 2.45) is 0 Å². The predicted octanol–water partition coefficient (Wildman–Crippen LogP) is 5.45. The molecule has 0 unspecified atom stereocenters. The maximum atomic E-state index is 10.6. The van der Waals surface area contributed by atoms with E-state index in [1.165, 1.54) is 17.7 Å². The molecule has 0 bridgehead atoms. The van der Waals surface area contributed by atoms with Crippen LogP contribution in [0.1, 0.15) is 16.7 Å². The van der Waals surface area contributed by atoms with Crippen LogP contribution >= 0.6 is 11.3 Å². The molecule has 0 fully saturated rings. The topological polar surface area (TPSA) is 52.4 Å². The van der Waals surface area contributed by atoms with E-state index in [0.717, 1.165) is 23.3 Å². The zero-order valence-corrected chi connectivity index (χ0v) is 14.3. The second-order valence-corrected chi connectivity index (χ2v) is 6.26. The Labute approximate surface area is 150 Å². The highest BCUT2D eigenvalue weighted by Crippen LogP contribution is 2.17. The van der Waals surface area contributed by atoms with Crippen LogP contribution in [0.4, 0.5) is 5.69 Å². The average Bonchev–Trinajstić information content (AvgIpc) is 3.15. The molecule has 5 heteroatoms. The van der Waals surface area contributed by atoms with Gasteiger partial charge in [-0.25, -0.2) is 0 Å². The number of nitro benzene ring substituents is 1. The van der Waals surface area contributed by atoms with Crippen molar-refractivity contribution in [2.75, 3.05) is 6.61 Å². The van der Waals surface area contributed by atoms with E-state index >= 15 is 0 Å². The van der Waals surface area contributed by atoms with Gasteiger partial charge in [0, 0.05) is 18.6 Å². The van der Waals surface area contributed by atoms with E-state index in [-0.39, 0.29) is 5.69 Å². The molecule has 0 saturated carbocycles. The third-order valence-corrected chi connectivity index (χ3v) is 4.42. The molecule has 3 rings (SSSR count). The number of hydrogen-bond acceptors (Lipinski definition) is 4. The SMILES string of the molecule is O=[N+]([O-])c1ccc(/C=C/c2ccc(OCCc3ccsc3)cc2)cc1. The van der Waals surface area contributed by atoms with Crippen molar-refractivity contribution < 1.29 is 9.66 Å². The maximum Gasteiger partial charge on any atom is 0.269 e. The molecule has 3 aromatic rings. The molecule has 1 heterocycles. The van der Waals surface area contributed by atoms with Gasteiger partial charge in [0.15, 0.2) is 0 Å². The van der Waals surface area contributed by atoms with Crippen LogP contribution in [0.15, 0.2) is 65.4 Å². The summed E-state index contributed by atoms with van der Waals surface area (Å²) in [6.45, 7) is 0.661. The van der Waals surface area contributed by atoms with Gasteiger partial charge in [0.25, 0.3) is 5.69 Å². The van der Waals surface area contributed by atoms with Crippen LogP contribution in [0, 0.1) is 10.1 Å². The van der Waals surface area contributed by atoms with Gasteiger partial charge in [-0.15, -0.1) is 0 Å². The largest absolute Gasteiger partial charge is 0.493 e. The molecule has 0 spiro atoms. The first kappa shape index (κ1) is 16.9. The van der Waals surface area contributed by atoms with E-state index in [2.05, 4.69) is 16.8 Å². The van der Waals surface area contributed by atoms with Crippen LogP contribution in [0.2, 0.25) is 0 Å². The quantitative estimate of drug-likeness (QED) is 0.323. The van der Waals surface area contributed by atoms with E-state index in [1.54, 1.807) is 23.5 Å². The van der Waals surface area contributed by atoms with Crippen LogP contribution in [-0.4, -0.2) is 11.5 Å². The summed E-state index contributed by atoms with van der Waals surface area (Å²) in [6.07, 6.45) is 4.80. The fraction of sp³-hybridized carbons (Fsp3) is 0.100. The second-order valence-electron chi connectivity index (χ2n) is 5.48. The van der Waals surface area contributed by atoms with Crippen molar-refractivity contribution in [3.8, 4) is 5.75 Å². The molecular weight excluding hydrogens is 334 g/mol. The van der Waals surface area contributed by atoms with E-state index in [9.17, 15) is 10.1 Å². The van der Waals surface area contributed by atoms with E-state index in [4.69, 9.17) is 4.74 Å². The van der Waals surface area contributed by atoms with E-state index in [0.29, 0.717) is 6.61 Å². The Hall–Kier alpha value is -2.92. The Morgan fingerprint density at radius 2 is 1.60 bits per heavy atom. The Balaban J connectivity index is 1.53. The fourth-order valence-corrected chi connectivity index (χ4v) is 3.00. The summed E-state index contributed by atoms with van der Waals surface area (Å²) in [7, 11) is 0. The Kier molecular flexibility index (Phi) is 5.59. The third-order valence-electron chi connectivity index (χ3n) is 3.69. The number of rotatable bonds is 7. The van der Waals surface area contributed by atoms with Gasteiger partial charge in [-0.3, -0.25) is 10.1 Å². The van der Waals surface area contributed by atoms with Gasteiger partial charge in [0.2, 0.25) is 0 Å². The standard InChI is InChI=1S/C20H17NO3S/c22-21(23)19-7-3-16(4-8-19)1-2-17-5-9-20(10-6-17)24-13-11-18-12-14-25-15-18/h1-10,12,14-15H,11,13H2/b2-1+. The molecule has 0 saturated heterocycles. The number of ether oxygens (including phenoxy) is 1. The molecule has 0 N–H and O–H groups in total. The molecule has 0 aliphatic carbocycles. The molecule has 2 aromatic carbocycles. The monoisotopic (exact) mass is 351 g/mol. The van der Waals surface area contributed by atoms with Crippen LogP contribution < -0.4 is 4.74 Å². The summed E-state index contributed by atoms with van der Waals surface area (Å²) in [5.41, 5.74) is 3.36. The number of nitrogens with zero attached hydrogens (tertiary/aromatic N) is 1. The van der Waals surface area contributed by atoms with Crippen molar-refractivity contribution in [3.05, 3.63) is 92.2 Å². The van der Waals surface area contributed by atoms with Crippen molar-refractivity contribution in [1.29, 1.82) is 0 Å². The number of benzene rings is 2. The molecule has 0 radical (unpaired) electrons. The van der Waals surface area contributed by atoms with Crippen molar-refractivity contribution in [2.45, 2.75) is 6.42 Å². The third kappa shape index (κ3) is 5.02. The lowest BCUT2D eigenvalue weighted by Gasteiger charge is -2.05. The first-order chi connectivity index (χ1) is 12.2. The first-order valence-electron chi connectivity index (χ1n) is 7.87. The zero-order chi connectivity index (χ0) is 17.5. The highest BCUT2D eigenvalue weighted by molar-refractivity contribution is 7.07. The highest BCUT2D eigenvalue weighted by Gasteiger charge is 2.02. The number of nitro groups is 1. The second kappa shape index (κ2) is 8.26. The number of non-ortho nitro benzene ring substituents is 1. The summed E-state index contributed by atoms with van der Waals surface area (Å²) >= 11 is 1.70. The molecule has 0 aliphatic heterocycles. The summed E-state index contributed by atoms with van der Waals surface area (Å²) in [5.74, 6) is 0.850. The molecule has 0 atom stereocenters. The molecule has 4 nitrogen and oxygen atoms in total. The smallest absolute Gasteiger partial charge is 0.269 e. The minimum Gasteiger partial charge on any atom is -0.493 e. The lowest BCUT2D eigenvalue weighted by atomic mass is 10.1. The van der Waals surface area contributed by atoms with Crippen LogP contribution in [0.25, 0.3) is 12.2 Å². The normalized spacial score (nSPS) is 10.9. The number of thiophene rings is 1. The molecule has 1 aromatic heterocycles. The average molecular weight is 351 g/mol. The van der Waals surface area contributed by atoms with Crippen LogP contribution in [0.5, 0.6) is 5.75 Å². The minimum atomic E-state index is -0.398. The van der Waals surface area contributed by atoms with Gasteiger partial charge < -0.3 is 4.74 Å². The number of hydrogen-bond donors (Lipinski definition) is 0. The van der Waals surface area contributed by atoms with Gasteiger partial charge in [0.1, 0.15) is 5.75 Å². The van der Waals surface area contributed by atoms with Crippen molar-refractivity contribution >= 4 is 29.2 Å². The van der Waals surface area contributed by atoms with E-state index in [1.807, 2.05) is 36.4 Å². The molecule has 126 valence electrons. The molecular formula is C20H17NO3S. The van der Waals surface area contributed by atoms with Crippen molar-refractivity contribution in [3.63, 3.8) is 0 Å². The van der Waals surface area contributed by atoms with Crippen molar-refractivity contribution in [1.82, 2.24) is 0 Å². The Morgan fingerprint density at radius 1 is 0.960 bits per heavy atom.